The lowest BCUT2D eigenvalue weighted by molar-refractivity contribution is -0.137. The zero-order valence-corrected chi connectivity index (χ0v) is 11.9. The molecule has 20 heavy (non-hydrogen) atoms. The van der Waals surface area contributed by atoms with Crippen LogP contribution in [-0.4, -0.2) is 13.7 Å². The molecule has 1 aromatic carbocycles. The number of rotatable bonds is 3. The van der Waals surface area contributed by atoms with E-state index in [4.69, 9.17) is 22.1 Å². The number of halogens is 4. The second kappa shape index (κ2) is 5.45. The Kier molecular flexibility index (Phi) is 4.21. The molecular weight excluding hydrogens is 291 g/mol. The fourth-order valence-corrected chi connectivity index (χ4v) is 3.29. The fraction of sp³-hybridized carbons (Fsp3) is 0.571. The van der Waals surface area contributed by atoms with Gasteiger partial charge in [-0.25, -0.2) is 0 Å². The molecule has 1 aliphatic carbocycles. The number of benzene rings is 1. The van der Waals surface area contributed by atoms with E-state index in [0.29, 0.717) is 17.9 Å². The molecule has 0 saturated heterocycles. The van der Waals surface area contributed by atoms with Gasteiger partial charge in [0.2, 0.25) is 0 Å². The highest BCUT2D eigenvalue weighted by Crippen LogP contribution is 2.48. The molecule has 1 saturated carbocycles. The van der Waals surface area contributed by atoms with Crippen LogP contribution >= 0.6 is 11.6 Å². The number of hydrogen-bond donors (Lipinski definition) is 1. The molecule has 6 heteroatoms. The first-order valence-corrected chi connectivity index (χ1v) is 6.87. The minimum Gasteiger partial charge on any atom is -0.495 e. The van der Waals surface area contributed by atoms with Crippen LogP contribution in [0.1, 0.15) is 36.8 Å². The number of hydrogen-bond acceptors (Lipinski definition) is 2. The highest BCUT2D eigenvalue weighted by atomic mass is 35.5. The maximum Gasteiger partial charge on any atom is 0.416 e. The van der Waals surface area contributed by atoms with Crippen LogP contribution < -0.4 is 10.5 Å². The van der Waals surface area contributed by atoms with Crippen LogP contribution in [0.3, 0.4) is 0 Å². The monoisotopic (exact) mass is 307 g/mol. The summed E-state index contributed by atoms with van der Waals surface area (Å²) in [4.78, 5) is 0. The fourth-order valence-electron chi connectivity index (χ4n) is 2.99. The smallest absolute Gasteiger partial charge is 0.416 e. The van der Waals surface area contributed by atoms with Gasteiger partial charge in [0, 0.05) is 17.5 Å². The number of alkyl halides is 3. The van der Waals surface area contributed by atoms with E-state index < -0.39 is 17.2 Å². The van der Waals surface area contributed by atoms with Crippen molar-refractivity contribution in [1.29, 1.82) is 0 Å². The molecule has 0 heterocycles. The molecule has 1 fully saturated rings. The lowest BCUT2D eigenvalue weighted by atomic mass is 9.78. The molecule has 0 radical (unpaired) electrons. The lowest BCUT2D eigenvalue weighted by Gasteiger charge is -2.30. The van der Waals surface area contributed by atoms with E-state index >= 15 is 0 Å². The third kappa shape index (κ3) is 2.61. The van der Waals surface area contributed by atoms with Gasteiger partial charge in [-0.1, -0.05) is 24.4 Å². The Bertz CT molecular complexity index is 496. The average Bonchev–Trinajstić information content (AvgIpc) is 2.86. The Balaban J connectivity index is 2.63. The summed E-state index contributed by atoms with van der Waals surface area (Å²) >= 11 is 5.97. The Morgan fingerprint density at radius 2 is 1.90 bits per heavy atom. The molecule has 0 atom stereocenters. The Morgan fingerprint density at radius 1 is 1.30 bits per heavy atom. The second-order valence-corrected chi connectivity index (χ2v) is 5.64. The summed E-state index contributed by atoms with van der Waals surface area (Å²) in [6.45, 7) is 0.293. The van der Waals surface area contributed by atoms with Crippen LogP contribution in [0, 0.1) is 0 Å². The van der Waals surface area contributed by atoms with Crippen molar-refractivity contribution in [3.63, 3.8) is 0 Å². The van der Waals surface area contributed by atoms with Crippen LogP contribution in [0.5, 0.6) is 5.75 Å². The van der Waals surface area contributed by atoms with E-state index in [-0.39, 0.29) is 5.02 Å². The molecule has 0 amide bonds. The summed E-state index contributed by atoms with van der Waals surface area (Å²) in [7, 11) is 1.41. The van der Waals surface area contributed by atoms with Crippen molar-refractivity contribution in [2.24, 2.45) is 5.73 Å². The largest absolute Gasteiger partial charge is 0.495 e. The van der Waals surface area contributed by atoms with Gasteiger partial charge in [-0.05, 0) is 25.0 Å². The van der Waals surface area contributed by atoms with Crippen molar-refractivity contribution in [2.45, 2.75) is 37.3 Å². The highest BCUT2D eigenvalue weighted by Gasteiger charge is 2.40. The normalized spacial score (nSPS) is 18.3. The minimum atomic E-state index is -4.43. The second-order valence-electron chi connectivity index (χ2n) is 5.23. The molecule has 2 rings (SSSR count). The van der Waals surface area contributed by atoms with Crippen molar-refractivity contribution in [1.82, 2.24) is 0 Å². The number of methoxy groups -OCH3 is 1. The van der Waals surface area contributed by atoms with Crippen molar-refractivity contribution in [2.75, 3.05) is 13.7 Å². The molecule has 1 aromatic rings. The molecule has 2 nitrogen and oxygen atoms in total. The van der Waals surface area contributed by atoms with E-state index in [0.717, 1.165) is 37.8 Å². The predicted octanol–water partition coefficient (Wildman–Crippen LogP) is 4.14. The first-order chi connectivity index (χ1) is 9.34. The summed E-state index contributed by atoms with van der Waals surface area (Å²) in [5.41, 5.74) is 5.13. The Labute approximate surface area is 121 Å². The molecule has 0 aliphatic heterocycles. The molecule has 112 valence electrons. The third-order valence-corrected chi connectivity index (χ3v) is 4.38. The zero-order valence-electron chi connectivity index (χ0n) is 11.2. The van der Waals surface area contributed by atoms with Crippen LogP contribution in [0.15, 0.2) is 12.1 Å². The average molecular weight is 308 g/mol. The quantitative estimate of drug-likeness (QED) is 0.911. The SMILES string of the molecule is COc1c(Cl)cc(C(F)(F)F)cc1C1(CN)CCCC1. The molecule has 0 bridgehead atoms. The van der Waals surface area contributed by atoms with Gasteiger partial charge in [0.1, 0.15) is 5.75 Å². The van der Waals surface area contributed by atoms with E-state index in [9.17, 15) is 13.2 Å². The van der Waals surface area contributed by atoms with Gasteiger partial charge in [0.15, 0.2) is 0 Å². The summed E-state index contributed by atoms with van der Waals surface area (Å²) in [6, 6.07) is 2.05. The van der Waals surface area contributed by atoms with E-state index in [2.05, 4.69) is 0 Å². The van der Waals surface area contributed by atoms with Gasteiger partial charge in [0.05, 0.1) is 17.7 Å². The first-order valence-electron chi connectivity index (χ1n) is 6.49. The van der Waals surface area contributed by atoms with E-state index in [1.54, 1.807) is 0 Å². The number of nitrogens with two attached hydrogens (primary N) is 1. The van der Waals surface area contributed by atoms with E-state index in [1.165, 1.54) is 7.11 Å². The number of ether oxygens (including phenoxy) is 1. The maximum atomic E-state index is 13.0. The molecular formula is C14H17ClF3NO. The van der Waals surface area contributed by atoms with Crippen LogP contribution in [0.4, 0.5) is 13.2 Å². The summed E-state index contributed by atoms with van der Waals surface area (Å²) < 4.78 is 44.1. The van der Waals surface area contributed by atoms with Gasteiger partial charge < -0.3 is 10.5 Å². The Hall–Kier alpha value is -0.940. The summed E-state index contributed by atoms with van der Waals surface area (Å²) in [6.07, 6.45) is -1.00. The maximum absolute atomic E-state index is 13.0. The molecule has 0 unspecified atom stereocenters. The summed E-state index contributed by atoms with van der Waals surface area (Å²) in [5, 5.41) is -0.0166. The van der Waals surface area contributed by atoms with E-state index in [1.807, 2.05) is 0 Å². The van der Waals surface area contributed by atoms with Crippen molar-refractivity contribution >= 4 is 11.6 Å². The molecule has 1 aliphatic rings. The van der Waals surface area contributed by atoms with Crippen LogP contribution in [0.25, 0.3) is 0 Å². The predicted molar refractivity (Wildman–Crippen MR) is 72.2 cm³/mol. The topological polar surface area (TPSA) is 35.2 Å². The lowest BCUT2D eigenvalue weighted by Crippen LogP contribution is -2.33. The van der Waals surface area contributed by atoms with Gasteiger partial charge in [-0.2, -0.15) is 13.2 Å². The standard InChI is InChI=1S/C14H17ClF3NO/c1-20-12-10(13(8-19)4-2-3-5-13)6-9(7-11(12)15)14(16,17)18/h6-7H,2-5,8,19H2,1H3. The van der Waals surface area contributed by atoms with Gasteiger partial charge in [-0.15, -0.1) is 0 Å². The van der Waals surface area contributed by atoms with Crippen molar-refractivity contribution in [3.8, 4) is 5.75 Å². The highest BCUT2D eigenvalue weighted by molar-refractivity contribution is 6.32. The Morgan fingerprint density at radius 3 is 2.35 bits per heavy atom. The van der Waals surface area contributed by atoms with Crippen LogP contribution in [0.2, 0.25) is 5.02 Å². The third-order valence-electron chi connectivity index (χ3n) is 4.10. The first kappa shape index (κ1) is 15.4. The minimum absolute atomic E-state index is 0.0166. The molecule has 0 spiro atoms. The van der Waals surface area contributed by atoms with Gasteiger partial charge in [-0.3, -0.25) is 0 Å². The summed E-state index contributed by atoms with van der Waals surface area (Å²) in [5.74, 6) is 0.312. The molecule has 0 aromatic heterocycles. The van der Waals surface area contributed by atoms with Crippen molar-refractivity contribution in [3.05, 3.63) is 28.3 Å². The zero-order chi connectivity index (χ0) is 15.0. The van der Waals surface area contributed by atoms with Crippen molar-refractivity contribution < 1.29 is 17.9 Å². The molecule has 2 N–H and O–H groups in total. The van der Waals surface area contributed by atoms with Gasteiger partial charge in [0.25, 0.3) is 0 Å². The van der Waals surface area contributed by atoms with Crippen LogP contribution in [-0.2, 0) is 11.6 Å². The van der Waals surface area contributed by atoms with Gasteiger partial charge >= 0.3 is 6.18 Å².